The SMILES string of the molecule is CCCS(=O)CC(=O)Nc1ccc(Cl)cc1N. The van der Waals surface area contributed by atoms with Crippen LogP contribution in [-0.4, -0.2) is 21.6 Å². The molecular formula is C11H15ClN2O2S. The van der Waals surface area contributed by atoms with Gasteiger partial charge in [0.15, 0.2) is 0 Å². The van der Waals surface area contributed by atoms with Crippen molar-refractivity contribution in [3.63, 3.8) is 0 Å². The Labute approximate surface area is 108 Å². The van der Waals surface area contributed by atoms with Crippen LogP contribution in [0.4, 0.5) is 11.4 Å². The van der Waals surface area contributed by atoms with Gasteiger partial charge < -0.3 is 11.1 Å². The van der Waals surface area contributed by atoms with Crippen LogP contribution in [0.3, 0.4) is 0 Å². The van der Waals surface area contributed by atoms with Crippen LogP contribution in [0.5, 0.6) is 0 Å². The maximum Gasteiger partial charge on any atom is 0.237 e. The number of carbonyl (C=O) groups excluding carboxylic acids is 1. The number of carbonyl (C=O) groups is 1. The van der Waals surface area contributed by atoms with Crippen LogP contribution in [0.1, 0.15) is 13.3 Å². The predicted molar refractivity (Wildman–Crippen MR) is 72.7 cm³/mol. The Morgan fingerprint density at radius 3 is 2.82 bits per heavy atom. The molecule has 0 aliphatic rings. The molecule has 4 nitrogen and oxygen atoms in total. The molecule has 0 aliphatic heterocycles. The van der Waals surface area contributed by atoms with Crippen molar-refractivity contribution < 1.29 is 9.00 Å². The summed E-state index contributed by atoms with van der Waals surface area (Å²) in [5, 5.41) is 3.12. The fourth-order valence-corrected chi connectivity index (χ4v) is 2.42. The lowest BCUT2D eigenvalue weighted by Gasteiger charge is -2.08. The van der Waals surface area contributed by atoms with Gasteiger partial charge in [0, 0.05) is 21.6 Å². The highest BCUT2D eigenvalue weighted by molar-refractivity contribution is 7.85. The number of halogens is 1. The van der Waals surface area contributed by atoms with Crippen molar-refractivity contribution in [2.24, 2.45) is 0 Å². The standard InChI is InChI=1S/C11H15ClN2O2S/c1-2-5-17(16)7-11(15)14-10-4-3-8(12)6-9(10)13/h3-4,6H,2,5,7,13H2,1H3,(H,14,15). The molecule has 1 atom stereocenters. The van der Waals surface area contributed by atoms with E-state index in [-0.39, 0.29) is 11.7 Å². The van der Waals surface area contributed by atoms with Gasteiger partial charge in [0.2, 0.25) is 5.91 Å². The predicted octanol–water partition coefficient (Wildman–Crippen LogP) is 2.02. The highest BCUT2D eigenvalue weighted by atomic mass is 35.5. The summed E-state index contributed by atoms with van der Waals surface area (Å²) in [4.78, 5) is 11.5. The van der Waals surface area contributed by atoms with Crippen LogP contribution in [0, 0.1) is 0 Å². The van der Waals surface area contributed by atoms with Gasteiger partial charge >= 0.3 is 0 Å². The van der Waals surface area contributed by atoms with Crippen LogP contribution >= 0.6 is 11.6 Å². The summed E-state index contributed by atoms with van der Waals surface area (Å²) in [6, 6.07) is 4.81. The highest BCUT2D eigenvalue weighted by Gasteiger charge is 2.09. The first-order valence-electron chi connectivity index (χ1n) is 5.22. The van der Waals surface area contributed by atoms with Gasteiger partial charge in [-0.05, 0) is 24.6 Å². The van der Waals surface area contributed by atoms with E-state index in [2.05, 4.69) is 5.32 Å². The second-order valence-electron chi connectivity index (χ2n) is 3.57. The summed E-state index contributed by atoms with van der Waals surface area (Å²) in [5.74, 6) is 0.227. The Bertz CT molecular complexity index is 437. The van der Waals surface area contributed by atoms with E-state index in [4.69, 9.17) is 17.3 Å². The average Bonchev–Trinajstić information content (AvgIpc) is 2.22. The molecule has 0 aliphatic carbocycles. The first kappa shape index (κ1) is 14.0. The van der Waals surface area contributed by atoms with Gasteiger partial charge in [-0.3, -0.25) is 9.00 Å². The lowest BCUT2D eigenvalue weighted by Crippen LogP contribution is -2.21. The summed E-state index contributed by atoms with van der Waals surface area (Å²) in [6.07, 6.45) is 0.795. The summed E-state index contributed by atoms with van der Waals surface area (Å²) in [5.41, 5.74) is 6.57. The van der Waals surface area contributed by atoms with E-state index in [1.807, 2.05) is 6.92 Å². The number of nitrogens with two attached hydrogens (primary N) is 1. The monoisotopic (exact) mass is 274 g/mol. The van der Waals surface area contributed by atoms with Gasteiger partial charge in [-0.2, -0.15) is 0 Å². The second-order valence-corrected chi connectivity index (χ2v) is 5.58. The van der Waals surface area contributed by atoms with E-state index in [0.29, 0.717) is 22.2 Å². The first-order valence-corrected chi connectivity index (χ1v) is 7.09. The van der Waals surface area contributed by atoms with Gasteiger partial charge in [0.05, 0.1) is 11.4 Å². The van der Waals surface area contributed by atoms with Crippen molar-refractivity contribution in [3.05, 3.63) is 23.2 Å². The normalized spacial score (nSPS) is 12.1. The number of amides is 1. The fourth-order valence-electron chi connectivity index (χ4n) is 1.28. The molecule has 0 fully saturated rings. The van der Waals surface area contributed by atoms with Crippen molar-refractivity contribution in [1.82, 2.24) is 0 Å². The molecule has 0 radical (unpaired) electrons. The molecule has 1 amide bonds. The molecule has 17 heavy (non-hydrogen) atoms. The molecular weight excluding hydrogens is 260 g/mol. The van der Waals surface area contributed by atoms with Crippen LogP contribution in [0.25, 0.3) is 0 Å². The number of rotatable bonds is 5. The molecule has 94 valence electrons. The number of hydrogen-bond acceptors (Lipinski definition) is 3. The third kappa shape index (κ3) is 4.75. The molecule has 6 heteroatoms. The molecule has 1 unspecified atom stereocenters. The van der Waals surface area contributed by atoms with Crippen LogP contribution in [0.15, 0.2) is 18.2 Å². The zero-order chi connectivity index (χ0) is 12.8. The minimum atomic E-state index is -1.11. The molecule has 3 N–H and O–H groups in total. The average molecular weight is 275 g/mol. The largest absolute Gasteiger partial charge is 0.397 e. The van der Waals surface area contributed by atoms with E-state index in [1.54, 1.807) is 18.2 Å². The Kier molecular flexibility index (Phi) is 5.44. The number of nitrogen functional groups attached to an aromatic ring is 1. The van der Waals surface area contributed by atoms with Gasteiger partial charge in [0.25, 0.3) is 0 Å². The lowest BCUT2D eigenvalue weighted by molar-refractivity contribution is -0.113. The number of anilines is 2. The molecule has 0 bridgehead atoms. The second kappa shape index (κ2) is 6.61. The highest BCUT2D eigenvalue weighted by Crippen LogP contribution is 2.22. The zero-order valence-electron chi connectivity index (χ0n) is 9.53. The molecule has 1 rings (SSSR count). The van der Waals surface area contributed by atoms with Gasteiger partial charge in [-0.15, -0.1) is 0 Å². The van der Waals surface area contributed by atoms with Crippen molar-refractivity contribution in [2.75, 3.05) is 22.6 Å². The summed E-state index contributed by atoms with van der Waals surface area (Å²) in [6.45, 7) is 1.92. The van der Waals surface area contributed by atoms with Crippen molar-refractivity contribution in [2.45, 2.75) is 13.3 Å². The van der Waals surface area contributed by atoms with E-state index in [9.17, 15) is 9.00 Å². The van der Waals surface area contributed by atoms with Crippen LogP contribution in [-0.2, 0) is 15.6 Å². The van der Waals surface area contributed by atoms with Gasteiger partial charge in [-0.25, -0.2) is 0 Å². The third-order valence-corrected chi connectivity index (χ3v) is 3.69. The van der Waals surface area contributed by atoms with Crippen LogP contribution in [0.2, 0.25) is 5.02 Å². The van der Waals surface area contributed by atoms with Crippen molar-refractivity contribution >= 4 is 39.7 Å². The van der Waals surface area contributed by atoms with Gasteiger partial charge in [0.1, 0.15) is 5.75 Å². The molecule has 1 aromatic carbocycles. The summed E-state index contributed by atoms with van der Waals surface area (Å²) in [7, 11) is -1.11. The van der Waals surface area contributed by atoms with Crippen LogP contribution < -0.4 is 11.1 Å². The minimum absolute atomic E-state index is 0.00406. The summed E-state index contributed by atoms with van der Waals surface area (Å²) >= 11 is 5.74. The topological polar surface area (TPSA) is 72.2 Å². The van der Waals surface area contributed by atoms with E-state index >= 15 is 0 Å². The zero-order valence-corrected chi connectivity index (χ0v) is 11.1. The Morgan fingerprint density at radius 2 is 2.24 bits per heavy atom. The number of nitrogens with one attached hydrogen (secondary N) is 1. The Balaban J connectivity index is 2.59. The molecule has 1 aromatic rings. The number of benzene rings is 1. The van der Waals surface area contributed by atoms with Gasteiger partial charge in [-0.1, -0.05) is 18.5 Å². The van der Waals surface area contributed by atoms with E-state index < -0.39 is 10.8 Å². The molecule has 0 heterocycles. The van der Waals surface area contributed by atoms with E-state index in [0.717, 1.165) is 6.42 Å². The number of hydrogen-bond donors (Lipinski definition) is 2. The third-order valence-electron chi connectivity index (χ3n) is 2.01. The molecule has 0 saturated heterocycles. The van der Waals surface area contributed by atoms with E-state index in [1.165, 1.54) is 0 Å². The quantitative estimate of drug-likeness (QED) is 0.807. The first-order chi connectivity index (χ1) is 8.02. The van der Waals surface area contributed by atoms with Crippen molar-refractivity contribution in [3.8, 4) is 0 Å². The molecule has 0 aromatic heterocycles. The maximum atomic E-state index is 11.5. The smallest absolute Gasteiger partial charge is 0.237 e. The fraction of sp³-hybridized carbons (Fsp3) is 0.364. The minimum Gasteiger partial charge on any atom is -0.397 e. The Morgan fingerprint density at radius 1 is 1.53 bits per heavy atom. The Hall–Kier alpha value is -1.07. The summed E-state index contributed by atoms with van der Waals surface area (Å²) < 4.78 is 11.4. The lowest BCUT2D eigenvalue weighted by atomic mass is 10.2. The molecule has 0 saturated carbocycles. The van der Waals surface area contributed by atoms with Crippen molar-refractivity contribution in [1.29, 1.82) is 0 Å². The molecule has 0 spiro atoms. The maximum absolute atomic E-state index is 11.5.